The second-order valence-corrected chi connectivity index (χ2v) is 7.68. The molecule has 30 heavy (non-hydrogen) atoms. The van der Waals surface area contributed by atoms with Crippen LogP contribution >= 0.6 is 23.2 Å². The van der Waals surface area contributed by atoms with Gasteiger partial charge in [0.2, 0.25) is 5.82 Å². The van der Waals surface area contributed by atoms with Gasteiger partial charge in [-0.25, -0.2) is 9.67 Å². The van der Waals surface area contributed by atoms with Crippen LogP contribution in [0.5, 0.6) is 0 Å². The number of amides is 1. The van der Waals surface area contributed by atoms with Crippen molar-refractivity contribution in [3.05, 3.63) is 93.7 Å². The van der Waals surface area contributed by atoms with Crippen LogP contribution in [0, 0.1) is 13.8 Å². The largest absolute Gasteiger partial charge is 0.318 e. The molecule has 0 fully saturated rings. The molecular formula is C23H18Cl2N4O. The van der Waals surface area contributed by atoms with Gasteiger partial charge in [0.05, 0.1) is 16.4 Å². The molecule has 0 radical (unpaired) electrons. The first-order valence-electron chi connectivity index (χ1n) is 9.29. The summed E-state index contributed by atoms with van der Waals surface area (Å²) in [6.07, 6.45) is 0. The normalized spacial score (nSPS) is 10.8. The molecule has 0 bridgehead atoms. The molecule has 4 rings (SSSR count). The molecule has 1 N–H and O–H groups in total. The molecule has 4 aromatic rings. The predicted molar refractivity (Wildman–Crippen MR) is 121 cm³/mol. The number of halogens is 2. The summed E-state index contributed by atoms with van der Waals surface area (Å²) in [7, 11) is 0. The molecule has 0 saturated carbocycles. The Balaban J connectivity index is 1.83. The SMILES string of the molecule is Cc1cccc(-n2nc(C(=O)Nc3ccccc3Cl)nc2-c2cccc(Cl)c2)c1C. The number of hydrogen-bond donors (Lipinski definition) is 1. The summed E-state index contributed by atoms with van der Waals surface area (Å²) >= 11 is 12.4. The van der Waals surface area contributed by atoms with Gasteiger partial charge in [-0.05, 0) is 55.3 Å². The summed E-state index contributed by atoms with van der Waals surface area (Å²) in [4.78, 5) is 17.4. The molecule has 150 valence electrons. The number of carbonyl (C=O) groups excluding carboxylic acids is 1. The van der Waals surface area contributed by atoms with E-state index < -0.39 is 5.91 Å². The van der Waals surface area contributed by atoms with E-state index in [2.05, 4.69) is 15.4 Å². The van der Waals surface area contributed by atoms with Gasteiger partial charge in [0.15, 0.2) is 5.82 Å². The fourth-order valence-corrected chi connectivity index (χ4v) is 3.47. The number of benzene rings is 3. The molecule has 1 aromatic heterocycles. The highest BCUT2D eigenvalue weighted by molar-refractivity contribution is 6.33. The molecule has 0 unspecified atom stereocenters. The Morgan fingerprint density at radius 2 is 1.73 bits per heavy atom. The highest BCUT2D eigenvalue weighted by atomic mass is 35.5. The number of nitrogens with one attached hydrogen (secondary N) is 1. The number of carbonyl (C=O) groups is 1. The third-order valence-corrected chi connectivity index (χ3v) is 5.38. The van der Waals surface area contributed by atoms with Crippen molar-refractivity contribution < 1.29 is 4.79 Å². The number of rotatable bonds is 4. The lowest BCUT2D eigenvalue weighted by Gasteiger charge is -2.11. The van der Waals surface area contributed by atoms with Crippen molar-refractivity contribution in [2.24, 2.45) is 0 Å². The standard InChI is InChI=1S/C23H18Cl2N4O/c1-14-7-5-12-20(15(14)2)29-22(16-8-6-9-17(24)13-16)27-21(28-29)23(30)26-19-11-4-3-10-18(19)25/h3-13H,1-2H3,(H,26,30). The first kappa shape index (κ1) is 20.1. The molecule has 7 heteroatoms. The minimum Gasteiger partial charge on any atom is -0.318 e. The van der Waals surface area contributed by atoms with Crippen LogP contribution in [0.15, 0.2) is 66.7 Å². The monoisotopic (exact) mass is 436 g/mol. The third-order valence-electron chi connectivity index (χ3n) is 4.82. The van der Waals surface area contributed by atoms with Crippen LogP contribution in [-0.2, 0) is 0 Å². The molecule has 1 amide bonds. The van der Waals surface area contributed by atoms with Gasteiger partial charge in [-0.3, -0.25) is 4.79 Å². The van der Waals surface area contributed by atoms with E-state index in [9.17, 15) is 4.79 Å². The average Bonchev–Trinajstić information content (AvgIpc) is 3.17. The highest BCUT2D eigenvalue weighted by Crippen LogP contribution is 2.27. The van der Waals surface area contributed by atoms with E-state index in [4.69, 9.17) is 23.2 Å². The van der Waals surface area contributed by atoms with E-state index in [0.717, 1.165) is 22.4 Å². The van der Waals surface area contributed by atoms with Crippen molar-refractivity contribution in [3.63, 3.8) is 0 Å². The predicted octanol–water partition coefficient (Wildman–Crippen LogP) is 6.11. The third kappa shape index (κ3) is 3.95. The van der Waals surface area contributed by atoms with Crippen molar-refractivity contribution in [1.29, 1.82) is 0 Å². The quantitative estimate of drug-likeness (QED) is 0.419. The molecule has 1 heterocycles. The van der Waals surface area contributed by atoms with Crippen LogP contribution < -0.4 is 5.32 Å². The number of hydrogen-bond acceptors (Lipinski definition) is 3. The maximum absolute atomic E-state index is 12.9. The molecule has 5 nitrogen and oxygen atoms in total. The van der Waals surface area contributed by atoms with Crippen molar-refractivity contribution in [1.82, 2.24) is 14.8 Å². The summed E-state index contributed by atoms with van der Waals surface area (Å²) in [6.45, 7) is 4.04. The number of para-hydroxylation sites is 1. The van der Waals surface area contributed by atoms with Crippen LogP contribution in [0.1, 0.15) is 21.7 Å². The molecule has 0 atom stereocenters. The lowest BCUT2D eigenvalue weighted by Crippen LogP contribution is -2.14. The van der Waals surface area contributed by atoms with E-state index in [1.54, 1.807) is 41.1 Å². The van der Waals surface area contributed by atoms with Crippen molar-refractivity contribution in [2.75, 3.05) is 5.32 Å². The van der Waals surface area contributed by atoms with Gasteiger partial charge in [0.1, 0.15) is 0 Å². The Labute approximate surface area is 184 Å². The molecule has 3 aromatic carbocycles. The second kappa shape index (κ2) is 8.30. The number of nitrogens with zero attached hydrogens (tertiary/aromatic N) is 3. The molecule has 0 saturated heterocycles. The number of aryl methyl sites for hydroxylation is 1. The second-order valence-electron chi connectivity index (χ2n) is 6.83. The van der Waals surface area contributed by atoms with Gasteiger partial charge in [0, 0.05) is 10.6 Å². The smallest absolute Gasteiger partial charge is 0.295 e. The van der Waals surface area contributed by atoms with E-state index in [1.807, 2.05) is 44.2 Å². The van der Waals surface area contributed by atoms with Gasteiger partial charge in [-0.1, -0.05) is 59.6 Å². The molecule has 0 aliphatic rings. The van der Waals surface area contributed by atoms with E-state index in [1.165, 1.54) is 0 Å². The Morgan fingerprint density at radius 3 is 2.50 bits per heavy atom. The summed E-state index contributed by atoms with van der Waals surface area (Å²) in [6, 6.07) is 20.2. The number of aromatic nitrogens is 3. The maximum Gasteiger partial charge on any atom is 0.295 e. The molecule has 0 aliphatic carbocycles. The van der Waals surface area contributed by atoms with Crippen LogP contribution in [-0.4, -0.2) is 20.7 Å². The molecular weight excluding hydrogens is 419 g/mol. The van der Waals surface area contributed by atoms with Crippen molar-refractivity contribution in [3.8, 4) is 17.1 Å². The van der Waals surface area contributed by atoms with E-state index in [0.29, 0.717) is 21.6 Å². The summed E-state index contributed by atoms with van der Waals surface area (Å²) in [5.74, 6) is 0.108. The molecule has 0 aliphatic heterocycles. The Morgan fingerprint density at radius 1 is 0.967 bits per heavy atom. The van der Waals surface area contributed by atoms with E-state index >= 15 is 0 Å². The van der Waals surface area contributed by atoms with Crippen LogP contribution in [0.4, 0.5) is 5.69 Å². The lowest BCUT2D eigenvalue weighted by atomic mass is 10.1. The fraction of sp³-hybridized carbons (Fsp3) is 0.0870. The Bertz CT molecular complexity index is 1250. The highest BCUT2D eigenvalue weighted by Gasteiger charge is 2.21. The zero-order valence-electron chi connectivity index (χ0n) is 16.4. The number of anilines is 1. The van der Waals surface area contributed by atoms with Gasteiger partial charge in [-0.2, -0.15) is 0 Å². The minimum absolute atomic E-state index is 0.0331. The average molecular weight is 437 g/mol. The van der Waals surface area contributed by atoms with Gasteiger partial charge < -0.3 is 5.32 Å². The zero-order valence-corrected chi connectivity index (χ0v) is 17.9. The van der Waals surface area contributed by atoms with Crippen molar-refractivity contribution in [2.45, 2.75) is 13.8 Å². The molecule has 0 spiro atoms. The maximum atomic E-state index is 12.9. The summed E-state index contributed by atoms with van der Waals surface area (Å²) < 4.78 is 1.68. The zero-order chi connectivity index (χ0) is 21.3. The van der Waals surface area contributed by atoms with Crippen molar-refractivity contribution >= 4 is 34.8 Å². The van der Waals surface area contributed by atoms with E-state index in [-0.39, 0.29) is 5.82 Å². The fourth-order valence-electron chi connectivity index (χ4n) is 3.10. The minimum atomic E-state index is -0.449. The first-order valence-corrected chi connectivity index (χ1v) is 10.0. The van der Waals surface area contributed by atoms with Gasteiger partial charge in [-0.15, -0.1) is 5.10 Å². The summed E-state index contributed by atoms with van der Waals surface area (Å²) in [5.41, 5.74) is 4.25. The van der Waals surface area contributed by atoms with Crippen LogP contribution in [0.2, 0.25) is 10.0 Å². The lowest BCUT2D eigenvalue weighted by molar-refractivity contribution is 0.101. The van der Waals surface area contributed by atoms with Crippen LogP contribution in [0.25, 0.3) is 17.1 Å². The van der Waals surface area contributed by atoms with Gasteiger partial charge in [0.25, 0.3) is 5.91 Å². The summed E-state index contributed by atoms with van der Waals surface area (Å²) in [5, 5.41) is 8.31. The topological polar surface area (TPSA) is 59.8 Å². The van der Waals surface area contributed by atoms with Gasteiger partial charge >= 0.3 is 0 Å². The Hall–Kier alpha value is -3.15. The Kier molecular flexibility index (Phi) is 5.57. The van der Waals surface area contributed by atoms with Crippen LogP contribution in [0.3, 0.4) is 0 Å². The first-order chi connectivity index (χ1) is 14.4.